The highest BCUT2D eigenvalue weighted by molar-refractivity contribution is 7.84. The van der Waals surface area contributed by atoms with Gasteiger partial charge in [0.15, 0.2) is 0 Å². The Morgan fingerprint density at radius 3 is 1.80 bits per heavy atom. The molecule has 0 radical (unpaired) electrons. The molecule has 0 aliphatic heterocycles. The predicted molar refractivity (Wildman–Crippen MR) is 70.7 cm³/mol. The first-order valence-corrected chi connectivity index (χ1v) is 8.15. The van der Waals surface area contributed by atoms with Gasteiger partial charge in [-0.2, -0.15) is 0 Å². The number of rotatable bonds is 10. The van der Waals surface area contributed by atoms with E-state index in [1.165, 1.54) is 44.9 Å². The standard InChI is InChI=1S/C13H28OS/c1-13(2)11-9-7-5-4-6-8-10-12-15(3)14/h13H,4-12H2,1-3H3. The van der Waals surface area contributed by atoms with Gasteiger partial charge in [-0.25, -0.2) is 0 Å². The summed E-state index contributed by atoms with van der Waals surface area (Å²) in [5.74, 6) is 1.76. The van der Waals surface area contributed by atoms with Crippen molar-refractivity contribution < 1.29 is 4.21 Å². The van der Waals surface area contributed by atoms with Crippen LogP contribution in [0.15, 0.2) is 0 Å². The van der Waals surface area contributed by atoms with Crippen molar-refractivity contribution in [1.82, 2.24) is 0 Å². The third-order valence-electron chi connectivity index (χ3n) is 2.71. The minimum absolute atomic E-state index is 0.581. The molecule has 0 aromatic heterocycles. The summed E-state index contributed by atoms with van der Waals surface area (Å²) >= 11 is 0. The van der Waals surface area contributed by atoms with Crippen LogP contribution in [-0.2, 0) is 10.8 Å². The van der Waals surface area contributed by atoms with Gasteiger partial charge in [-0.05, 0) is 12.3 Å². The second-order valence-electron chi connectivity index (χ2n) is 4.93. The van der Waals surface area contributed by atoms with Gasteiger partial charge in [0.05, 0.1) is 0 Å². The van der Waals surface area contributed by atoms with Gasteiger partial charge in [-0.3, -0.25) is 4.21 Å². The third kappa shape index (κ3) is 14.2. The Bertz CT molecular complexity index is 155. The van der Waals surface area contributed by atoms with Crippen molar-refractivity contribution in [3.05, 3.63) is 0 Å². The Kier molecular flexibility index (Phi) is 10.8. The normalized spacial score (nSPS) is 13.3. The van der Waals surface area contributed by atoms with Crippen LogP contribution in [0.3, 0.4) is 0 Å². The fraction of sp³-hybridized carbons (Fsp3) is 1.00. The van der Waals surface area contributed by atoms with Gasteiger partial charge < -0.3 is 0 Å². The van der Waals surface area contributed by atoms with E-state index in [1.54, 1.807) is 6.26 Å². The molecule has 0 saturated carbocycles. The molecule has 0 fully saturated rings. The predicted octanol–water partition coefficient (Wildman–Crippen LogP) is 4.14. The lowest BCUT2D eigenvalue weighted by atomic mass is 10.0. The zero-order chi connectivity index (χ0) is 11.5. The molecule has 1 atom stereocenters. The summed E-state index contributed by atoms with van der Waals surface area (Å²) in [6, 6.07) is 0. The smallest absolute Gasteiger partial charge is 0.0232 e. The molecule has 0 amide bonds. The summed E-state index contributed by atoms with van der Waals surface area (Å²) in [6.07, 6.45) is 12.5. The monoisotopic (exact) mass is 232 g/mol. The topological polar surface area (TPSA) is 17.1 Å². The zero-order valence-corrected chi connectivity index (χ0v) is 11.6. The lowest BCUT2D eigenvalue weighted by molar-refractivity contribution is 0.511. The van der Waals surface area contributed by atoms with Crippen LogP contribution in [0.5, 0.6) is 0 Å². The molecule has 0 rings (SSSR count). The first kappa shape index (κ1) is 15.2. The van der Waals surface area contributed by atoms with Crippen LogP contribution in [0, 0.1) is 5.92 Å². The van der Waals surface area contributed by atoms with Gasteiger partial charge in [0.1, 0.15) is 0 Å². The van der Waals surface area contributed by atoms with Crippen LogP contribution in [-0.4, -0.2) is 16.2 Å². The van der Waals surface area contributed by atoms with Crippen molar-refractivity contribution in [3.63, 3.8) is 0 Å². The van der Waals surface area contributed by atoms with E-state index in [4.69, 9.17) is 0 Å². The summed E-state index contributed by atoms with van der Waals surface area (Å²) in [5.41, 5.74) is 0. The quantitative estimate of drug-likeness (QED) is 0.517. The van der Waals surface area contributed by atoms with Crippen LogP contribution in [0.2, 0.25) is 0 Å². The summed E-state index contributed by atoms with van der Waals surface area (Å²) < 4.78 is 10.8. The summed E-state index contributed by atoms with van der Waals surface area (Å²) in [4.78, 5) is 0. The second kappa shape index (κ2) is 10.7. The molecule has 0 spiro atoms. The molecule has 0 N–H and O–H groups in total. The van der Waals surface area contributed by atoms with Crippen molar-refractivity contribution in [2.45, 2.75) is 65.2 Å². The van der Waals surface area contributed by atoms with Gasteiger partial charge in [0, 0.05) is 22.8 Å². The molecule has 92 valence electrons. The summed E-state index contributed by atoms with van der Waals surface area (Å²) in [6.45, 7) is 4.59. The molecule has 0 aliphatic carbocycles. The van der Waals surface area contributed by atoms with E-state index in [0.29, 0.717) is 0 Å². The fourth-order valence-corrected chi connectivity index (χ4v) is 2.35. The molecule has 2 heteroatoms. The SMILES string of the molecule is CC(C)CCCCCCCCCS(C)=O. The van der Waals surface area contributed by atoms with Crippen molar-refractivity contribution >= 4 is 10.8 Å². The van der Waals surface area contributed by atoms with Crippen molar-refractivity contribution in [2.75, 3.05) is 12.0 Å². The highest BCUT2D eigenvalue weighted by atomic mass is 32.2. The van der Waals surface area contributed by atoms with Crippen LogP contribution in [0.4, 0.5) is 0 Å². The van der Waals surface area contributed by atoms with Gasteiger partial charge >= 0.3 is 0 Å². The van der Waals surface area contributed by atoms with Crippen molar-refractivity contribution in [1.29, 1.82) is 0 Å². The van der Waals surface area contributed by atoms with Crippen molar-refractivity contribution in [2.24, 2.45) is 5.92 Å². The maximum Gasteiger partial charge on any atom is 0.0232 e. The maximum absolute atomic E-state index is 10.8. The summed E-state index contributed by atoms with van der Waals surface area (Å²) in [7, 11) is -0.581. The van der Waals surface area contributed by atoms with E-state index in [0.717, 1.165) is 18.1 Å². The molecule has 0 bridgehead atoms. The molecule has 0 aromatic carbocycles. The molecule has 0 heterocycles. The Balaban J connectivity index is 2.96. The van der Waals surface area contributed by atoms with E-state index >= 15 is 0 Å². The lowest BCUT2D eigenvalue weighted by Gasteiger charge is -2.04. The largest absolute Gasteiger partial charge is 0.260 e. The van der Waals surface area contributed by atoms with Crippen LogP contribution in [0.25, 0.3) is 0 Å². The third-order valence-corrected chi connectivity index (χ3v) is 3.58. The number of hydrogen-bond donors (Lipinski definition) is 0. The van der Waals surface area contributed by atoms with E-state index in [9.17, 15) is 4.21 Å². The molecular formula is C13H28OS. The Morgan fingerprint density at radius 2 is 1.33 bits per heavy atom. The van der Waals surface area contributed by atoms with E-state index in [-0.39, 0.29) is 0 Å². The number of unbranched alkanes of at least 4 members (excludes halogenated alkanes) is 6. The average Bonchev–Trinajstić information content (AvgIpc) is 2.14. The van der Waals surface area contributed by atoms with E-state index < -0.39 is 10.8 Å². The lowest BCUT2D eigenvalue weighted by Crippen LogP contribution is -1.93. The first-order valence-electron chi connectivity index (χ1n) is 6.43. The van der Waals surface area contributed by atoms with Gasteiger partial charge in [-0.1, -0.05) is 58.8 Å². The molecule has 0 saturated heterocycles. The maximum atomic E-state index is 10.8. The fourth-order valence-electron chi connectivity index (χ4n) is 1.74. The molecule has 0 aliphatic rings. The van der Waals surface area contributed by atoms with Gasteiger partial charge in [0.2, 0.25) is 0 Å². The zero-order valence-electron chi connectivity index (χ0n) is 10.8. The average molecular weight is 232 g/mol. The Hall–Kier alpha value is 0.150. The van der Waals surface area contributed by atoms with Crippen molar-refractivity contribution in [3.8, 4) is 0 Å². The van der Waals surface area contributed by atoms with Crippen LogP contribution in [0.1, 0.15) is 65.2 Å². The molecular weight excluding hydrogens is 204 g/mol. The Morgan fingerprint density at radius 1 is 0.867 bits per heavy atom. The molecule has 1 nitrogen and oxygen atoms in total. The van der Waals surface area contributed by atoms with Gasteiger partial charge in [-0.15, -0.1) is 0 Å². The minimum Gasteiger partial charge on any atom is -0.260 e. The highest BCUT2D eigenvalue weighted by Crippen LogP contribution is 2.11. The van der Waals surface area contributed by atoms with Crippen LogP contribution < -0.4 is 0 Å². The first-order chi connectivity index (χ1) is 7.13. The second-order valence-corrected chi connectivity index (χ2v) is 6.49. The van der Waals surface area contributed by atoms with E-state index in [1.807, 2.05) is 0 Å². The van der Waals surface area contributed by atoms with Crippen LogP contribution >= 0.6 is 0 Å². The summed E-state index contributed by atoms with van der Waals surface area (Å²) in [5, 5.41) is 0. The molecule has 1 unspecified atom stereocenters. The van der Waals surface area contributed by atoms with Gasteiger partial charge in [0.25, 0.3) is 0 Å². The molecule has 15 heavy (non-hydrogen) atoms. The van der Waals surface area contributed by atoms with E-state index in [2.05, 4.69) is 13.8 Å². The Labute approximate surface area is 98.5 Å². The molecule has 0 aromatic rings. The number of hydrogen-bond acceptors (Lipinski definition) is 1. The highest BCUT2D eigenvalue weighted by Gasteiger charge is 1.95. The minimum atomic E-state index is -0.581.